The van der Waals surface area contributed by atoms with Crippen molar-refractivity contribution in [1.82, 2.24) is 5.32 Å². The van der Waals surface area contributed by atoms with Crippen molar-refractivity contribution in [2.75, 3.05) is 13.7 Å². The van der Waals surface area contributed by atoms with Crippen LogP contribution >= 0.6 is 0 Å². The summed E-state index contributed by atoms with van der Waals surface area (Å²) in [4.78, 5) is 23.4. The van der Waals surface area contributed by atoms with Crippen LogP contribution in [-0.2, 0) is 14.3 Å². The van der Waals surface area contributed by atoms with E-state index in [4.69, 9.17) is 9.15 Å². The molecule has 1 N–H and O–H groups in total. The molecule has 2 rings (SSSR count). The maximum Gasteiger partial charge on any atom is 0.313 e. The van der Waals surface area contributed by atoms with Crippen LogP contribution in [-0.4, -0.2) is 25.5 Å². The van der Waals surface area contributed by atoms with Crippen LogP contribution in [0.5, 0.6) is 0 Å². The van der Waals surface area contributed by atoms with E-state index in [2.05, 4.69) is 5.32 Å². The molecule has 1 aromatic heterocycles. The fraction of sp³-hybridized carbons (Fsp3) is 0.429. The molecule has 0 spiro atoms. The largest absolute Gasteiger partial charge is 0.469 e. The Morgan fingerprint density at radius 2 is 2.26 bits per heavy atom. The number of rotatable bonds is 5. The Bertz CT molecular complexity index is 498. The lowest BCUT2D eigenvalue weighted by molar-refractivity contribution is -0.147. The van der Waals surface area contributed by atoms with Crippen LogP contribution < -0.4 is 5.32 Å². The number of hydrogen-bond acceptors (Lipinski definition) is 4. The summed E-state index contributed by atoms with van der Waals surface area (Å²) in [6.45, 7) is 2.03. The maximum atomic E-state index is 11.9. The van der Waals surface area contributed by atoms with Gasteiger partial charge in [-0.25, -0.2) is 0 Å². The molecule has 1 aliphatic carbocycles. The number of ether oxygens (including phenoxy) is 1. The van der Waals surface area contributed by atoms with E-state index in [1.54, 1.807) is 31.4 Å². The van der Waals surface area contributed by atoms with Gasteiger partial charge in [0.1, 0.15) is 5.76 Å². The molecule has 19 heavy (non-hydrogen) atoms. The molecule has 1 heterocycles. The third kappa shape index (κ3) is 3.05. The first kappa shape index (κ1) is 13.4. The second-order valence-electron chi connectivity index (χ2n) is 4.80. The van der Waals surface area contributed by atoms with Crippen LogP contribution in [0.25, 0.3) is 6.08 Å². The zero-order valence-corrected chi connectivity index (χ0v) is 11.1. The predicted octanol–water partition coefficient (Wildman–Crippen LogP) is 1.75. The molecule has 5 heteroatoms. The summed E-state index contributed by atoms with van der Waals surface area (Å²) in [7, 11) is 1.37. The fourth-order valence-corrected chi connectivity index (χ4v) is 1.86. The van der Waals surface area contributed by atoms with Gasteiger partial charge in [-0.2, -0.15) is 0 Å². The van der Waals surface area contributed by atoms with Gasteiger partial charge in [0.25, 0.3) is 0 Å². The molecule has 1 aliphatic rings. The Morgan fingerprint density at radius 3 is 2.79 bits per heavy atom. The number of methoxy groups -OCH3 is 1. The molecule has 1 fully saturated rings. The standard InChI is InChI=1S/C14H17NO4/c1-10(8-11-4-3-7-19-11)12(16)15-9-14(5-6-14)13(17)18-2/h3-4,7-8H,5-6,9H2,1-2H3,(H,15,16). The lowest BCUT2D eigenvalue weighted by Crippen LogP contribution is -2.35. The molecule has 0 radical (unpaired) electrons. The van der Waals surface area contributed by atoms with E-state index >= 15 is 0 Å². The van der Waals surface area contributed by atoms with Gasteiger partial charge in [0.15, 0.2) is 0 Å². The third-order valence-electron chi connectivity index (χ3n) is 3.32. The Kier molecular flexibility index (Phi) is 3.74. The van der Waals surface area contributed by atoms with E-state index < -0.39 is 5.41 Å². The molecule has 0 saturated heterocycles. The molecule has 1 aromatic rings. The first-order valence-corrected chi connectivity index (χ1v) is 6.16. The van der Waals surface area contributed by atoms with Crippen LogP contribution in [0.15, 0.2) is 28.4 Å². The van der Waals surface area contributed by atoms with Crippen molar-refractivity contribution in [3.8, 4) is 0 Å². The second-order valence-corrected chi connectivity index (χ2v) is 4.80. The predicted molar refractivity (Wildman–Crippen MR) is 69.1 cm³/mol. The number of esters is 1. The summed E-state index contributed by atoms with van der Waals surface area (Å²) < 4.78 is 9.87. The highest BCUT2D eigenvalue weighted by molar-refractivity contribution is 5.97. The summed E-state index contributed by atoms with van der Waals surface area (Å²) >= 11 is 0. The van der Waals surface area contributed by atoms with Gasteiger partial charge in [0.2, 0.25) is 5.91 Å². The van der Waals surface area contributed by atoms with Gasteiger partial charge in [0.05, 0.1) is 18.8 Å². The highest BCUT2D eigenvalue weighted by Crippen LogP contribution is 2.46. The summed E-state index contributed by atoms with van der Waals surface area (Å²) in [6.07, 6.45) is 4.74. The molecule has 0 unspecified atom stereocenters. The van der Waals surface area contributed by atoms with Crippen LogP contribution in [0.4, 0.5) is 0 Å². The van der Waals surface area contributed by atoms with E-state index in [1.807, 2.05) is 0 Å². The third-order valence-corrected chi connectivity index (χ3v) is 3.32. The molecule has 1 saturated carbocycles. The average molecular weight is 263 g/mol. The molecule has 1 amide bonds. The van der Waals surface area contributed by atoms with Gasteiger partial charge in [0, 0.05) is 12.1 Å². The van der Waals surface area contributed by atoms with Crippen molar-refractivity contribution in [1.29, 1.82) is 0 Å². The van der Waals surface area contributed by atoms with Crippen molar-refractivity contribution in [3.05, 3.63) is 29.7 Å². The van der Waals surface area contributed by atoms with Crippen LogP contribution in [0.2, 0.25) is 0 Å². The fourth-order valence-electron chi connectivity index (χ4n) is 1.86. The Labute approximate surface area is 111 Å². The lowest BCUT2D eigenvalue weighted by Gasteiger charge is -2.13. The molecular weight excluding hydrogens is 246 g/mol. The molecule has 102 valence electrons. The number of hydrogen-bond donors (Lipinski definition) is 1. The average Bonchev–Trinajstić information content (AvgIpc) is 3.04. The minimum atomic E-state index is -0.505. The summed E-state index contributed by atoms with van der Waals surface area (Å²) in [5.74, 6) is 0.175. The quantitative estimate of drug-likeness (QED) is 0.649. The summed E-state index contributed by atoms with van der Waals surface area (Å²) in [5.41, 5.74) is 0.0330. The second kappa shape index (κ2) is 5.30. The SMILES string of the molecule is COC(=O)C1(CNC(=O)C(C)=Cc2ccco2)CC1. The molecular formula is C14H17NO4. The topological polar surface area (TPSA) is 68.5 Å². The van der Waals surface area contributed by atoms with E-state index in [0.717, 1.165) is 12.8 Å². The van der Waals surface area contributed by atoms with Gasteiger partial charge in [-0.15, -0.1) is 0 Å². The smallest absolute Gasteiger partial charge is 0.313 e. The highest BCUT2D eigenvalue weighted by atomic mass is 16.5. The molecule has 5 nitrogen and oxygen atoms in total. The van der Waals surface area contributed by atoms with Gasteiger partial charge in [-0.1, -0.05) is 0 Å². The van der Waals surface area contributed by atoms with Crippen molar-refractivity contribution in [3.63, 3.8) is 0 Å². The van der Waals surface area contributed by atoms with Gasteiger partial charge in [-0.3, -0.25) is 9.59 Å². The highest BCUT2D eigenvalue weighted by Gasteiger charge is 2.51. The lowest BCUT2D eigenvalue weighted by atomic mass is 10.1. The Balaban J connectivity index is 1.90. The van der Waals surface area contributed by atoms with E-state index in [-0.39, 0.29) is 11.9 Å². The summed E-state index contributed by atoms with van der Waals surface area (Å²) in [5, 5.41) is 2.76. The number of carbonyl (C=O) groups excluding carboxylic acids is 2. The zero-order chi connectivity index (χ0) is 13.9. The first-order chi connectivity index (χ1) is 9.07. The minimum absolute atomic E-state index is 0.202. The van der Waals surface area contributed by atoms with Crippen molar-refractivity contribution >= 4 is 18.0 Å². The van der Waals surface area contributed by atoms with Crippen molar-refractivity contribution in [2.24, 2.45) is 5.41 Å². The molecule has 0 aromatic carbocycles. The first-order valence-electron chi connectivity index (χ1n) is 6.16. The van der Waals surface area contributed by atoms with Gasteiger partial charge >= 0.3 is 5.97 Å². The number of amides is 1. The Morgan fingerprint density at radius 1 is 1.53 bits per heavy atom. The maximum absolute atomic E-state index is 11.9. The van der Waals surface area contributed by atoms with E-state index in [0.29, 0.717) is 17.9 Å². The van der Waals surface area contributed by atoms with Gasteiger partial charge in [-0.05, 0) is 38.0 Å². The molecule has 0 aliphatic heterocycles. The number of furan rings is 1. The van der Waals surface area contributed by atoms with Gasteiger partial charge < -0.3 is 14.5 Å². The molecule has 0 atom stereocenters. The van der Waals surface area contributed by atoms with E-state index in [9.17, 15) is 9.59 Å². The van der Waals surface area contributed by atoms with Crippen molar-refractivity contribution in [2.45, 2.75) is 19.8 Å². The van der Waals surface area contributed by atoms with Crippen LogP contribution in [0, 0.1) is 5.41 Å². The normalized spacial score (nSPS) is 16.8. The summed E-state index contributed by atoms with van der Waals surface area (Å²) in [6, 6.07) is 3.53. The number of nitrogens with one attached hydrogen (secondary N) is 1. The minimum Gasteiger partial charge on any atom is -0.469 e. The Hall–Kier alpha value is -2.04. The van der Waals surface area contributed by atoms with Crippen LogP contribution in [0.3, 0.4) is 0 Å². The zero-order valence-electron chi connectivity index (χ0n) is 11.1. The van der Waals surface area contributed by atoms with Crippen molar-refractivity contribution < 1.29 is 18.7 Å². The van der Waals surface area contributed by atoms with E-state index in [1.165, 1.54) is 7.11 Å². The number of carbonyl (C=O) groups is 2. The van der Waals surface area contributed by atoms with Crippen LogP contribution in [0.1, 0.15) is 25.5 Å². The monoisotopic (exact) mass is 263 g/mol. The molecule has 0 bridgehead atoms.